The molecule has 0 fully saturated rings. The molecule has 0 aliphatic rings. The molecule has 0 spiro atoms. The van der Waals surface area contributed by atoms with E-state index >= 15 is 0 Å². The molecule has 0 aliphatic heterocycles. The normalized spacial score (nSPS) is 11.3. The van der Waals surface area contributed by atoms with Gasteiger partial charge in [0.25, 0.3) is 0 Å². The van der Waals surface area contributed by atoms with Gasteiger partial charge in [-0.2, -0.15) is 8.42 Å². The summed E-state index contributed by atoms with van der Waals surface area (Å²) in [6.07, 6.45) is 2.56. The minimum absolute atomic E-state index is 0.110. The van der Waals surface area contributed by atoms with Crippen LogP contribution in [0.2, 0.25) is 0 Å². The second-order valence-electron chi connectivity index (χ2n) is 2.90. The predicted octanol–water partition coefficient (Wildman–Crippen LogP) is 0.432. The van der Waals surface area contributed by atoms with Crippen LogP contribution in [0, 0.1) is 0 Å². The third-order valence-corrected chi connectivity index (χ3v) is 2.67. The van der Waals surface area contributed by atoms with Crippen LogP contribution in [0.1, 0.15) is 32.6 Å². The smallest absolute Gasteiger partial charge is 0.322 e. The average molecular weight is 224 g/mol. The zero-order valence-corrected chi connectivity index (χ0v) is 9.05. The van der Waals surface area contributed by atoms with E-state index in [2.05, 4.69) is 4.18 Å². The van der Waals surface area contributed by atoms with Gasteiger partial charge in [0.2, 0.25) is 0 Å². The van der Waals surface area contributed by atoms with E-state index in [9.17, 15) is 13.2 Å². The molecule has 0 aliphatic carbocycles. The standard InChI is InChI=1S/C8H16O5S/c1-2-3-4-5-8(10)13-14(11,12)7-6-9/h9H,2-7H2,1H3. The molecule has 84 valence electrons. The van der Waals surface area contributed by atoms with Crippen LogP contribution in [0.3, 0.4) is 0 Å². The van der Waals surface area contributed by atoms with E-state index in [4.69, 9.17) is 5.11 Å². The maximum absolute atomic E-state index is 10.9. The van der Waals surface area contributed by atoms with Crippen LogP contribution in [-0.2, 0) is 19.1 Å². The summed E-state index contributed by atoms with van der Waals surface area (Å²) in [6.45, 7) is 1.44. The average Bonchev–Trinajstić information content (AvgIpc) is 2.03. The Morgan fingerprint density at radius 2 is 2.00 bits per heavy atom. The topological polar surface area (TPSA) is 80.7 Å². The van der Waals surface area contributed by atoms with Crippen molar-refractivity contribution < 1.29 is 22.5 Å². The van der Waals surface area contributed by atoms with Crippen molar-refractivity contribution in [3.05, 3.63) is 0 Å². The molecule has 5 nitrogen and oxygen atoms in total. The highest BCUT2D eigenvalue weighted by Crippen LogP contribution is 2.03. The van der Waals surface area contributed by atoms with Gasteiger partial charge in [-0.25, -0.2) is 0 Å². The van der Waals surface area contributed by atoms with Crippen molar-refractivity contribution in [3.63, 3.8) is 0 Å². The highest BCUT2D eigenvalue weighted by Gasteiger charge is 2.15. The number of hydrogen-bond donors (Lipinski definition) is 1. The Morgan fingerprint density at radius 3 is 2.50 bits per heavy atom. The molecule has 0 saturated heterocycles. The molecular formula is C8H16O5S. The van der Waals surface area contributed by atoms with Gasteiger partial charge in [0, 0.05) is 6.42 Å². The van der Waals surface area contributed by atoms with E-state index in [0.29, 0.717) is 6.42 Å². The Labute approximate surface area is 84.2 Å². The number of carbonyl (C=O) groups is 1. The molecule has 0 amide bonds. The van der Waals surface area contributed by atoms with Crippen LogP contribution in [0.25, 0.3) is 0 Å². The molecule has 1 N–H and O–H groups in total. The molecule has 0 aromatic heterocycles. The summed E-state index contributed by atoms with van der Waals surface area (Å²) in [6, 6.07) is 0. The van der Waals surface area contributed by atoms with Crippen LogP contribution < -0.4 is 0 Å². The van der Waals surface area contributed by atoms with Crippen LogP contribution in [0.5, 0.6) is 0 Å². The minimum Gasteiger partial charge on any atom is -0.395 e. The van der Waals surface area contributed by atoms with Crippen LogP contribution in [0.15, 0.2) is 0 Å². The van der Waals surface area contributed by atoms with E-state index < -0.39 is 28.4 Å². The first kappa shape index (κ1) is 13.4. The number of aliphatic hydroxyl groups excluding tert-OH is 1. The largest absolute Gasteiger partial charge is 0.395 e. The van der Waals surface area contributed by atoms with Crippen molar-refractivity contribution in [2.75, 3.05) is 12.4 Å². The van der Waals surface area contributed by atoms with Gasteiger partial charge < -0.3 is 9.29 Å². The lowest BCUT2D eigenvalue weighted by Crippen LogP contribution is -2.17. The Bertz CT molecular complexity index is 257. The van der Waals surface area contributed by atoms with Gasteiger partial charge in [-0.15, -0.1) is 0 Å². The molecule has 0 bridgehead atoms. The Kier molecular flexibility index (Phi) is 6.48. The number of hydrogen-bond acceptors (Lipinski definition) is 5. The van der Waals surface area contributed by atoms with E-state index in [1.807, 2.05) is 6.92 Å². The minimum atomic E-state index is -3.87. The van der Waals surface area contributed by atoms with Crippen molar-refractivity contribution in [1.82, 2.24) is 0 Å². The van der Waals surface area contributed by atoms with E-state index in [1.54, 1.807) is 0 Å². The van der Waals surface area contributed by atoms with E-state index in [-0.39, 0.29) is 6.42 Å². The van der Waals surface area contributed by atoms with Gasteiger partial charge in [0.1, 0.15) is 5.75 Å². The summed E-state index contributed by atoms with van der Waals surface area (Å²) >= 11 is 0. The maximum Gasteiger partial charge on any atom is 0.322 e. The Morgan fingerprint density at radius 1 is 1.36 bits per heavy atom. The molecule has 0 radical (unpaired) electrons. The molecule has 0 unspecified atom stereocenters. The molecular weight excluding hydrogens is 208 g/mol. The van der Waals surface area contributed by atoms with Crippen molar-refractivity contribution in [2.45, 2.75) is 32.6 Å². The van der Waals surface area contributed by atoms with Gasteiger partial charge in [-0.1, -0.05) is 19.8 Å². The third kappa shape index (κ3) is 6.85. The van der Waals surface area contributed by atoms with Crippen LogP contribution in [0.4, 0.5) is 0 Å². The zero-order chi connectivity index (χ0) is 11.0. The summed E-state index contributed by atoms with van der Waals surface area (Å²) in [5.41, 5.74) is 0. The number of rotatable bonds is 7. The maximum atomic E-state index is 10.9. The first-order chi connectivity index (χ1) is 6.52. The third-order valence-electron chi connectivity index (χ3n) is 1.55. The summed E-state index contributed by atoms with van der Waals surface area (Å²) in [7, 11) is -3.87. The Hall–Kier alpha value is -0.620. The van der Waals surface area contributed by atoms with Crippen LogP contribution in [-0.4, -0.2) is 31.9 Å². The first-order valence-electron chi connectivity index (χ1n) is 4.57. The molecule has 0 saturated carbocycles. The second kappa shape index (κ2) is 6.78. The van der Waals surface area contributed by atoms with Crippen molar-refractivity contribution >= 4 is 16.1 Å². The number of unbranched alkanes of at least 4 members (excludes halogenated alkanes) is 2. The van der Waals surface area contributed by atoms with Crippen molar-refractivity contribution in [2.24, 2.45) is 0 Å². The molecule has 6 heteroatoms. The highest BCUT2D eigenvalue weighted by molar-refractivity contribution is 7.87. The number of aliphatic hydroxyl groups is 1. The van der Waals surface area contributed by atoms with Crippen molar-refractivity contribution in [3.8, 4) is 0 Å². The van der Waals surface area contributed by atoms with Crippen LogP contribution >= 0.6 is 0 Å². The second-order valence-corrected chi connectivity index (χ2v) is 4.59. The zero-order valence-electron chi connectivity index (χ0n) is 8.23. The van der Waals surface area contributed by atoms with Gasteiger partial charge in [0.15, 0.2) is 0 Å². The van der Waals surface area contributed by atoms with Gasteiger partial charge in [-0.05, 0) is 6.42 Å². The predicted molar refractivity (Wildman–Crippen MR) is 51.1 cm³/mol. The Balaban J connectivity index is 3.82. The number of carbonyl (C=O) groups excluding carboxylic acids is 1. The fourth-order valence-corrected chi connectivity index (χ4v) is 1.53. The monoisotopic (exact) mass is 224 g/mol. The fourth-order valence-electron chi connectivity index (χ4n) is 0.856. The SMILES string of the molecule is CCCCCC(=O)OS(=O)(=O)CCO. The quantitative estimate of drug-likeness (QED) is 0.501. The summed E-state index contributed by atoms with van der Waals surface area (Å²) in [5.74, 6) is -1.28. The fraction of sp³-hybridized carbons (Fsp3) is 0.875. The molecule has 0 rings (SSSR count). The summed E-state index contributed by atoms with van der Waals surface area (Å²) < 4.78 is 25.9. The van der Waals surface area contributed by atoms with Gasteiger partial charge >= 0.3 is 16.1 Å². The highest BCUT2D eigenvalue weighted by atomic mass is 32.2. The first-order valence-corrected chi connectivity index (χ1v) is 6.15. The molecule has 0 aromatic rings. The molecule has 0 heterocycles. The summed E-state index contributed by atoms with van der Waals surface area (Å²) in [4.78, 5) is 10.9. The lowest BCUT2D eigenvalue weighted by atomic mass is 10.2. The van der Waals surface area contributed by atoms with Crippen molar-refractivity contribution in [1.29, 1.82) is 0 Å². The van der Waals surface area contributed by atoms with E-state index in [0.717, 1.165) is 12.8 Å². The van der Waals surface area contributed by atoms with Gasteiger partial charge in [-0.3, -0.25) is 4.79 Å². The lowest BCUT2D eigenvalue weighted by molar-refractivity contribution is -0.133. The van der Waals surface area contributed by atoms with E-state index in [1.165, 1.54) is 0 Å². The molecule has 14 heavy (non-hydrogen) atoms. The molecule has 0 atom stereocenters. The summed E-state index contributed by atoms with van der Waals surface area (Å²) in [5, 5.41) is 8.36. The molecule has 0 aromatic carbocycles. The lowest BCUT2D eigenvalue weighted by Gasteiger charge is -2.03. The van der Waals surface area contributed by atoms with Gasteiger partial charge in [0.05, 0.1) is 6.61 Å².